The van der Waals surface area contributed by atoms with Crippen LogP contribution in [0.2, 0.25) is 0 Å². The number of furan rings is 1. The lowest BCUT2D eigenvalue weighted by Gasteiger charge is -2.27. The zero-order chi connectivity index (χ0) is 25.1. The highest BCUT2D eigenvalue weighted by Gasteiger charge is 2.43. The number of phenols is 1. The highest BCUT2D eigenvalue weighted by atomic mass is 16.6. The summed E-state index contributed by atoms with van der Waals surface area (Å²) in [5.74, 6) is -1.54. The molecule has 0 spiro atoms. The molecule has 2 heterocycles. The van der Waals surface area contributed by atoms with Crippen LogP contribution in [0.25, 0.3) is 0 Å². The van der Waals surface area contributed by atoms with E-state index in [0.717, 1.165) is 22.8 Å². The summed E-state index contributed by atoms with van der Waals surface area (Å²) in [6.07, 6.45) is 2.53. The second kappa shape index (κ2) is 9.80. The average Bonchev–Trinajstić information content (AvgIpc) is 3.44. The lowest BCUT2D eigenvalue weighted by molar-refractivity contribution is -0.385. The molecule has 35 heavy (non-hydrogen) atoms. The molecular weight excluding hydrogens is 454 g/mol. The lowest BCUT2D eigenvalue weighted by Crippen LogP contribution is -2.52. The van der Waals surface area contributed by atoms with Gasteiger partial charge >= 0.3 is 5.69 Å². The Morgan fingerprint density at radius 3 is 2.40 bits per heavy atom. The number of nitrogens with one attached hydrogen (secondary N) is 1. The van der Waals surface area contributed by atoms with Gasteiger partial charge in [-0.05, 0) is 49.2 Å². The molecule has 4 rings (SSSR count). The quantitative estimate of drug-likeness (QED) is 0.274. The van der Waals surface area contributed by atoms with E-state index in [0.29, 0.717) is 18.4 Å². The van der Waals surface area contributed by atoms with Crippen LogP contribution in [0, 0.1) is 10.1 Å². The van der Waals surface area contributed by atoms with E-state index in [1.807, 2.05) is 6.07 Å². The summed E-state index contributed by atoms with van der Waals surface area (Å²) in [7, 11) is 0. The molecule has 0 bridgehead atoms. The Balaban J connectivity index is 1.60. The Morgan fingerprint density at radius 2 is 1.80 bits per heavy atom. The Labute approximate surface area is 200 Å². The smallest absolute Gasteiger partial charge is 0.310 e. The molecule has 0 fully saturated rings. The van der Waals surface area contributed by atoms with Crippen molar-refractivity contribution in [1.82, 2.24) is 10.2 Å². The molecule has 0 unspecified atom stereocenters. The van der Waals surface area contributed by atoms with Gasteiger partial charge in [0.05, 0.1) is 22.3 Å². The second-order valence-corrected chi connectivity index (χ2v) is 8.35. The number of hydrogen-bond acceptors (Lipinski definition) is 7. The largest absolute Gasteiger partial charge is 0.502 e. The van der Waals surface area contributed by atoms with Gasteiger partial charge in [-0.2, -0.15) is 0 Å². The highest BCUT2D eigenvalue weighted by Crippen LogP contribution is 2.30. The van der Waals surface area contributed by atoms with Crippen LogP contribution in [0.15, 0.2) is 65.3 Å². The molecule has 2 aromatic carbocycles. The first-order valence-electron chi connectivity index (χ1n) is 11.0. The first-order chi connectivity index (χ1) is 16.8. The van der Waals surface area contributed by atoms with Crippen molar-refractivity contribution < 1.29 is 28.8 Å². The van der Waals surface area contributed by atoms with E-state index in [9.17, 15) is 29.6 Å². The fourth-order valence-corrected chi connectivity index (χ4v) is 4.08. The average molecular weight is 477 g/mol. The van der Waals surface area contributed by atoms with Gasteiger partial charge in [0, 0.05) is 24.9 Å². The summed E-state index contributed by atoms with van der Waals surface area (Å²) in [6, 6.07) is 12.0. The number of aryl methyl sites for hydroxylation is 1. The number of carbonyl (C=O) groups is 3. The van der Waals surface area contributed by atoms with Crippen molar-refractivity contribution in [3.63, 3.8) is 0 Å². The van der Waals surface area contributed by atoms with Crippen LogP contribution in [0.3, 0.4) is 0 Å². The van der Waals surface area contributed by atoms with Crippen LogP contribution in [0.5, 0.6) is 5.75 Å². The third kappa shape index (κ3) is 4.91. The molecule has 3 amide bonds. The number of hydrogen-bond donors (Lipinski definition) is 2. The number of carbonyl (C=O) groups excluding carboxylic acids is 3. The molecule has 0 saturated carbocycles. The van der Waals surface area contributed by atoms with Gasteiger partial charge in [-0.1, -0.05) is 18.2 Å². The number of amides is 3. The van der Waals surface area contributed by atoms with Gasteiger partial charge in [-0.3, -0.25) is 29.4 Å². The topological polar surface area (TPSA) is 143 Å². The number of nitro benzene ring substituents is 1. The number of phenolic OH excluding ortho intramolecular Hbond substituents is 1. The van der Waals surface area contributed by atoms with Gasteiger partial charge in [0.2, 0.25) is 5.91 Å². The van der Waals surface area contributed by atoms with Crippen molar-refractivity contribution in [3.05, 3.63) is 93.4 Å². The van der Waals surface area contributed by atoms with E-state index in [1.165, 1.54) is 18.2 Å². The van der Waals surface area contributed by atoms with Gasteiger partial charge in [0.15, 0.2) is 5.75 Å². The highest BCUT2D eigenvalue weighted by molar-refractivity contribution is 6.22. The predicted octanol–water partition coefficient (Wildman–Crippen LogP) is 3.24. The summed E-state index contributed by atoms with van der Waals surface area (Å²) in [5.41, 5.74) is 0.168. The first-order valence-corrected chi connectivity index (χ1v) is 11.0. The zero-order valence-electron chi connectivity index (χ0n) is 18.8. The maximum absolute atomic E-state index is 13.4. The van der Waals surface area contributed by atoms with Crippen molar-refractivity contribution in [2.75, 3.05) is 0 Å². The van der Waals surface area contributed by atoms with Gasteiger partial charge < -0.3 is 14.8 Å². The molecular formula is C25H23N3O7. The van der Waals surface area contributed by atoms with E-state index >= 15 is 0 Å². The molecule has 10 nitrogen and oxygen atoms in total. The molecule has 2 N–H and O–H groups in total. The van der Waals surface area contributed by atoms with E-state index in [-0.39, 0.29) is 23.6 Å². The molecule has 1 aliphatic heterocycles. The zero-order valence-corrected chi connectivity index (χ0v) is 18.8. The van der Waals surface area contributed by atoms with Crippen LogP contribution < -0.4 is 5.32 Å². The van der Waals surface area contributed by atoms with E-state index in [2.05, 4.69) is 5.32 Å². The summed E-state index contributed by atoms with van der Waals surface area (Å²) < 4.78 is 5.32. The van der Waals surface area contributed by atoms with Crippen molar-refractivity contribution in [2.45, 2.75) is 38.3 Å². The number of imide groups is 1. The summed E-state index contributed by atoms with van der Waals surface area (Å²) >= 11 is 0. The molecule has 1 aromatic heterocycles. The Hall–Kier alpha value is -4.47. The van der Waals surface area contributed by atoms with Crippen molar-refractivity contribution in [3.8, 4) is 5.75 Å². The van der Waals surface area contributed by atoms with Crippen LogP contribution in [-0.4, -0.2) is 44.7 Å². The summed E-state index contributed by atoms with van der Waals surface area (Å²) in [5, 5.41) is 23.9. The number of rotatable bonds is 9. The van der Waals surface area contributed by atoms with E-state index in [4.69, 9.17) is 4.42 Å². The number of nitro groups is 1. The molecule has 0 aliphatic carbocycles. The Kier molecular flexibility index (Phi) is 6.63. The molecule has 3 aromatic rings. The van der Waals surface area contributed by atoms with Crippen LogP contribution in [-0.2, 0) is 17.6 Å². The lowest BCUT2D eigenvalue weighted by atomic mass is 10.0. The molecule has 0 saturated heterocycles. The normalized spacial score (nSPS) is 14.5. The molecule has 180 valence electrons. The van der Waals surface area contributed by atoms with Crippen LogP contribution in [0.1, 0.15) is 45.4 Å². The van der Waals surface area contributed by atoms with E-state index in [1.54, 1.807) is 31.4 Å². The Bertz CT molecular complexity index is 1250. The molecule has 2 atom stereocenters. The second-order valence-electron chi connectivity index (χ2n) is 8.35. The summed E-state index contributed by atoms with van der Waals surface area (Å²) in [4.78, 5) is 51.0. The minimum absolute atomic E-state index is 0.163. The number of fused-ring (bicyclic) bond motifs is 1. The monoisotopic (exact) mass is 477 g/mol. The van der Waals surface area contributed by atoms with Crippen molar-refractivity contribution in [1.29, 1.82) is 0 Å². The minimum atomic E-state index is -1.25. The van der Waals surface area contributed by atoms with Gasteiger partial charge in [-0.15, -0.1) is 0 Å². The van der Waals surface area contributed by atoms with E-state index < -0.39 is 40.1 Å². The number of benzene rings is 2. The fourth-order valence-electron chi connectivity index (χ4n) is 4.08. The van der Waals surface area contributed by atoms with Crippen LogP contribution >= 0.6 is 0 Å². The molecule has 0 radical (unpaired) electrons. The maximum Gasteiger partial charge on any atom is 0.310 e. The third-order valence-corrected chi connectivity index (χ3v) is 5.90. The standard InChI is InChI=1S/C25H23N3O7/c1-15(8-10-17-5-4-12-35-17)26-23(30)21(14-16-9-11-22(29)20(13-16)28(33)34)27-24(31)18-6-2-3-7-19(18)25(27)32/h2-7,9,11-13,15,21,29H,8,10,14H2,1H3,(H,26,30)/t15-,21+/m1/s1. The first kappa shape index (κ1) is 23.7. The molecule has 10 heteroatoms. The van der Waals surface area contributed by atoms with Gasteiger partial charge in [0.25, 0.3) is 11.8 Å². The van der Waals surface area contributed by atoms with Crippen molar-refractivity contribution >= 4 is 23.4 Å². The SMILES string of the molecule is C[C@H](CCc1ccco1)NC(=O)[C@H](Cc1ccc(O)c([N+](=O)[O-])c1)N1C(=O)c2ccccc2C1=O. The van der Waals surface area contributed by atoms with Gasteiger partial charge in [0.1, 0.15) is 11.8 Å². The van der Waals surface area contributed by atoms with Crippen LogP contribution in [0.4, 0.5) is 5.69 Å². The maximum atomic E-state index is 13.4. The summed E-state index contributed by atoms with van der Waals surface area (Å²) in [6.45, 7) is 1.80. The Morgan fingerprint density at radius 1 is 1.11 bits per heavy atom. The van der Waals surface area contributed by atoms with Crippen molar-refractivity contribution in [2.24, 2.45) is 0 Å². The number of nitrogens with zero attached hydrogens (tertiary/aromatic N) is 2. The third-order valence-electron chi connectivity index (χ3n) is 5.90. The number of aromatic hydroxyl groups is 1. The fraction of sp³-hybridized carbons (Fsp3) is 0.240. The molecule has 1 aliphatic rings. The predicted molar refractivity (Wildman–Crippen MR) is 124 cm³/mol. The van der Waals surface area contributed by atoms with Gasteiger partial charge in [-0.25, -0.2) is 0 Å². The minimum Gasteiger partial charge on any atom is -0.502 e.